The molecule has 0 aliphatic carbocycles. The topological polar surface area (TPSA) is 43.1 Å². The zero-order chi connectivity index (χ0) is 11.3. The van der Waals surface area contributed by atoms with E-state index in [9.17, 15) is 4.21 Å². The third-order valence-electron chi connectivity index (χ3n) is 2.35. The van der Waals surface area contributed by atoms with E-state index in [0.29, 0.717) is 5.69 Å². The van der Waals surface area contributed by atoms with Crippen LogP contribution in [0.3, 0.4) is 0 Å². The first-order valence-corrected chi connectivity index (χ1v) is 6.71. The van der Waals surface area contributed by atoms with Crippen LogP contribution in [-0.4, -0.2) is 9.96 Å². The van der Waals surface area contributed by atoms with Gasteiger partial charge in [-0.2, -0.15) is 0 Å². The molecular weight excluding hydrogens is 206 g/mol. The standard InChI is InChI=1S/C12H19NOS/c1-3-4-5-8-15(14)12-9-10(2)6-7-11(12)13/h6-7,9H,3-5,8,13H2,1-2H3. The summed E-state index contributed by atoms with van der Waals surface area (Å²) in [6, 6.07) is 5.71. The first-order chi connectivity index (χ1) is 7.15. The second kappa shape index (κ2) is 5.91. The fraction of sp³-hybridized carbons (Fsp3) is 0.500. The van der Waals surface area contributed by atoms with Crippen LogP contribution in [0.25, 0.3) is 0 Å². The summed E-state index contributed by atoms with van der Waals surface area (Å²) >= 11 is 0. The van der Waals surface area contributed by atoms with Crippen LogP contribution < -0.4 is 5.73 Å². The van der Waals surface area contributed by atoms with Gasteiger partial charge in [0, 0.05) is 11.4 Å². The molecule has 2 nitrogen and oxygen atoms in total. The van der Waals surface area contributed by atoms with E-state index in [-0.39, 0.29) is 0 Å². The number of benzene rings is 1. The molecule has 0 spiro atoms. The maximum absolute atomic E-state index is 11.9. The molecule has 0 aliphatic rings. The van der Waals surface area contributed by atoms with E-state index in [2.05, 4.69) is 6.92 Å². The maximum atomic E-state index is 11.9. The molecule has 0 heterocycles. The Morgan fingerprint density at radius 3 is 2.73 bits per heavy atom. The van der Waals surface area contributed by atoms with E-state index in [0.717, 1.165) is 35.5 Å². The minimum absolute atomic E-state index is 0.649. The Morgan fingerprint density at radius 2 is 2.07 bits per heavy atom. The monoisotopic (exact) mass is 225 g/mol. The van der Waals surface area contributed by atoms with Crippen molar-refractivity contribution in [1.82, 2.24) is 0 Å². The number of nitrogens with two attached hydrogens (primary N) is 1. The summed E-state index contributed by atoms with van der Waals surface area (Å²) in [6.07, 6.45) is 3.30. The number of nitrogen functional groups attached to an aromatic ring is 1. The van der Waals surface area contributed by atoms with Gasteiger partial charge in [0.15, 0.2) is 0 Å². The third-order valence-corrected chi connectivity index (χ3v) is 3.85. The summed E-state index contributed by atoms with van der Waals surface area (Å²) < 4.78 is 11.9. The Labute approximate surface area is 94.3 Å². The molecule has 3 heteroatoms. The second-order valence-corrected chi connectivity index (χ2v) is 5.34. The highest BCUT2D eigenvalue weighted by molar-refractivity contribution is 7.85. The van der Waals surface area contributed by atoms with Crippen molar-refractivity contribution in [3.63, 3.8) is 0 Å². The van der Waals surface area contributed by atoms with Crippen molar-refractivity contribution in [2.45, 2.75) is 38.0 Å². The van der Waals surface area contributed by atoms with Crippen molar-refractivity contribution in [3.05, 3.63) is 23.8 Å². The molecule has 2 N–H and O–H groups in total. The molecule has 0 saturated heterocycles. The lowest BCUT2D eigenvalue weighted by Crippen LogP contribution is -2.02. The van der Waals surface area contributed by atoms with Crippen molar-refractivity contribution >= 4 is 16.5 Å². The third kappa shape index (κ3) is 3.67. The molecule has 0 saturated carbocycles. The zero-order valence-corrected chi connectivity index (χ0v) is 10.3. The summed E-state index contributed by atoms with van der Waals surface area (Å²) in [5.74, 6) is 0.724. The van der Waals surface area contributed by atoms with Gasteiger partial charge in [0.2, 0.25) is 0 Å². The fourth-order valence-corrected chi connectivity index (χ4v) is 2.77. The number of aryl methyl sites for hydroxylation is 1. The van der Waals surface area contributed by atoms with Crippen LogP contribution in [0.1, 0.15) is 31.7 Å². The Balaban J connectivity index is 2.68. The first kappa shape index (κ1) is 12.2. The molecule has 1 aromatic carbocycles. The largest absolute Gasteiger partial charge is 0.398 e. The van der Waals surface area contributed by atoms with Crippen molar-refractivity contribution in [2.75, 3.05) is 11.5 Å². The highest BCUT2D eigenvalue weighted by atomic mass is 32.2. The van der Waals surface area contributed by atoms with Gasteiger partial charge in [-0.25, -0.2) is 0 Å². The lowest BCUT2D eigenvalue weighted by molar-refractivity contribution is 0.676. The molecule has 0 aliphatic heterocycles. The van der Waals surface area contributed by atoms with Crippen LogP contribution in [0.5, 0.6) is 0 Å². The van der Waals surface area contributed by atoms with Crippen molar-refractivity contribution in [3.8, 4) is 0 Å². The van der Waals surface area contributed by atoms with Gasteiger partial charge < -0.3 is 5.73 Å². The van der Waals surface area contributed by atoms with Crippen LogP contribution in [0.4, 0.5) is 5.69 Å². The quantitative estimate of drug-likeness (QED) is 0.618. The molecule has 15 heavy (non-hydrogen) atoms. The lowest BCUT2D eigenvalue weighted by Gasteiger charge is -2.06. The maximum Gasteiger partial charge on any atom is 0.0620 e. The fourth-order valence-electron chi connectivity index (χ4n) is 1.43. The summed E-state index contributed by atoms with van der Waals surface area (Å²) in [5.41, 5.74) is 7.56. The van der Waals surface area contributed by atoms with Gasteiger partial charge in [-0.3, -0.25) is 4.21 Å². The van der Waals surface area contributed by atoms with Crippen LogP contribution >= 0.6 is 0 Å². The smallest absolute Gasteiger partial charge is 0.0620 e. The Hall–Kier alpha value is -0.830. The van der Waals surface area contributed by atoms with Crippen LogP contribution in [0.2, 0.25) is 0 Å². The van der Waals surface area contributed by atoms with Crippen molar-refractivity contribution in [2.24, 2.45) is 0 Å². The predicted octanol–water partition coefficient (Wildman–Crippen LogP) is 2.88. The number of hydrogen-bond donors (Lipinski definition) is 1. The molecule has 0 radical (unpaired) electrons. The number of anilines is 1. The first-order valence-electron chi connectivity index (χ1n) is 5.39. The van der Waals surface area contributed by atoms with E-state index < -0.39 is 10.8 Å². The molecule has 1 atom stereocenters. The van der Waals surface area contributed by atoms with Crippen molar-refractivity contribution < 1.29 is 4.21 Å². The highest BCUT2D eigenvalue weighted by Crippen LogP contribution is 2.18. The van der Waals surface area contributed by atoms with Gasteiger partial charge in [-0.05, 0) is 31.0 Å². The summed E-state index contributed by atoms with van der Waals surface area (Å²) in [6.45, 7) is 4.14. The number of hydrogen-bond acceptors (Lipinski definition) is 2. The van der Waals surface area contributed by atoms with E-state index >= 15 is 0 Å². The Bertz CT molecular complexity index is 349. The predicted molar refractivity (Wildman–Crippen MR) is 66.4 cm³/mol. The molecule has 84 valence electrons. The highest BCUT2D eigenvalue weighted by Gasteiger charge is 2.07. The van der Waals surface area contributed by atoms with Gasteiger partial charge in [0.25, 0.3) is 0 Å². The second-order valence-electron chi connectivity index (χ2n) is 3.80. The van der Waals surface area contributed by atoms with E-state index in [1.165, 1.54) is 0 Å². The summed E-state index contributed by atoms with van der Waals surface area (Å²) in [5, 5.41) is 0. The average molecular weight is 225 g/mol. The summed E-state index contributed by atoms with van der Waals surface area (Å²) in [7, 11) is -0.932. The van der Waals surface area contributed by atoms with Gasteiger partial charge in [0.05, 0.1) is 15.7 Å². The molecule has 1 aromatic rings. The van der Waals surface area contributed by atoms with E-state index in [1.807, 2.05) is 25.1 Å². The van der Waals surface area contributed by atoms with Gasteiger partial charge in [-0.1, -0.05) is 25.8 Å². The van der Waals surface area contributed by atoms with Gasteiger partial charge in [0.1, 0.15) is 0 Å². The van der Waals surface area contributed by atoms with E-state index in [4.69, 9.17) is 5.73 Å². The lowest BCUT2D eigenvalue weighted by atomic mass is 10.2. The normalized spacial score (nSPS) is 12.7. The van der Waals surface area contributed by atoms with Crippen LogP contribution in [-0.2, 0) is 10.8 Å². The van der Waals surface area contributed by atoms with Gasteiger partial charge >= 0.3 is 0 Å². The van der Waals surface area contributed by atoms with Crippen molar-refractivity contribution in [1.29, 1.82) is 0 Å². The minimum Gasteiger partial charge on any atom is -0.398 e. The molecule has 0 aromatic heterocycles. The number of unbranched alkanes of at least 4 members (excludes halogenated alkanes) is 2. The summed E-state index contributed by atoms with van der Waals surface area (Å²) in [4.78, 5) is 0.797. The van der Waals surface area contributed by atoms with Crippen LogP contribution in [0, 0.1) is 6.92 Å². The zero-order valence-electron chi connectivity index (χ0n) is 9.45. The average Bonchev–Trinajstić information content (AvgIpc) is 2.22. The SMILES string of the molecule is CCCCCS(=O)c1cc(C)ccc1N. The Kier molecular flexibility index (Phi) is 4.82. The molecular formula is C12H19NOS. The van der Waals surface area contributed by atoms with Crippen LogP contribution in [0.15, 0.2) is 23.1 Å². The molecule has 0 bridgehead atoms. The molecule has 0 amide bonds. The van der Waals surface area contributed by atoms with Gasteiger partial charge in [-0.15, -0.1) is 0 Å². The molecule has 1 rings (SSSR count). The van der Waals surface area contributed by atoms with E-state index in [1.54, 1.807) is 0 Å². The number of rotatable bonds is 5. The Morgan fingerprint density at radius 1 is 1.33 bits per heavy atom. The molecule has 0 fully saturated rings. The molecule has 1 unspecified atom stereocenters. The minimum atomic E-state index is -0.932.